The van der Waals surface area contributed by atoms with E-state index in [2.05, 4.69) is 60.5 Å². The molecule has 4 nitrogen and oxygen atoms in total. The van der Waals surface area contributed by atoms with Gasteiger partial charge < -0.3 is 15.2 Å². The van der Waals surface area contributed by atoms with Crippen LogP contribution in [0, 0.1) is 6.92 Å². The van der Waals surface area contributed by atoms with E-state index in [9.17, 15) is 0 Å². The van der Waals surface area contributed by atoms with Crippen LogP contribution in [0.25, 0.3) is 11.0 Å². The lowest BCUT2D eigenvalue weighted by atomic mass is 10.2. The van der Waals surface area contributed by atoms with Crippen molar-refractivity contribution in [2.45, 2.75) is 39.8 Å². The number of hydrogen-bond acceptors (Lipinski definition) is 3. The average Bonchev–Trinajstić information content (AvgIpc) is 2.64. The van der Waals surface area contributed by atoms with Crippen molar-refractivity contribution < 1.29 is 0 Å². The van der Waals surface area contributed by atoms with Crippen molar-refractivity contribution in [1.29, 1.82) is 0 Å². The van der Waals surface area contributed by atoms with Crippen LogP contribution in [-0.2, 0) is 6.54 Å². The first-order valence-electron chi connectivity index (χ1n) is 6.91. The maximum absolute atomic E-state index is 6.02. The van der Waals surface area contributed by atoms with E-state index in [-0.39, 0.29) is 0 Å². The fourth-order valence-electron chi connectivity index (χ4n) is 2.23. The molecule has 0 aliphatic heterocycles. The summed E-state index contributed by atoms with van der Waals surface area (Å²) in [6, 6.07) is 6.89. The minimum absolute atomic E-state index is 0.583. The molecule has 0 saturated carbocycles. The lowest BCUT2D eigenvalue weighted by Gasteiger charge is -2.21. The summed E-state index contributed by atoms with van der Waals surface area (Å²) < 4.78 is 2.11. The smallest absolute Gasteiger partial charge is 0.201 e. The SMILES string of the molecule is Cc1ccc2c(c1)nc(N)n2CCCN(C)C(C)C. The Labute approximate surface area is 115 Å². The highest BCUT2D eigenvalue weighted by Gasteiger charge is 2.09. The first kappa shape index (κ1) is 13.9. The third-order valence-electron chi connectivity index (χ3n) is 3.71. The molecule has 0 amide bonds. The molecule has 0 radical (unpaired) electrons. The molecule has 0 fully saturated rings. The summed E-state index contributed by atoms with van der Waals surface area (Å²) >= 11 is 0. The Morgan fingerprint density at radius 3 is 2.79 bits per heavy atom. The Morgan fingerprint density at radius 1 is 1.37 bits per heavy atom. The number of fused-ring (bicyclic) bond motifs is 1. The van der Waals surface area contributed by atoms with E-state index in [1.165, 1.54) is 5.56 Å². The number of aromatic nitrogens is 2. The number of anilines is 1. The Bertz CT molecular complexity index is 557. The zero-order valence-corrected chi connectivity index (χ0v) is 12.3. The van der Waals surface area contributed by atoms with Crippen LogP contribution in [0.2, 0.25) is 0 Å². The van der Waals surface area contributed by atoms with Crippen LogP contribution in [0.4, 0.5) is 5.95 Å². The zero-order chi connectivity index (χ0) is 14.0. The molecule has 1 heterocycles. The second-order valence-corrected chi connectivity index (χ2v) is 5.54. The summed E-state index contributed by atoms with van der Waals surface area (Å²) in [5.74, 6) is 0.618. The third kappa shape index (κ3) is 3.07. The zero-order valence-electron chi connectivity index (χ0n) is 12.3. The van der Waals surface area contributed by atoms with Crippen LogP contribution in [-0.4, -0.2) is 34.1 Å². The van der Waals surface area contributed by atoms with E-state index in [0.717, 1.165) is 30.5 Å². The first-order valence-corrected chi connectivity index (χ1v) is 6.91. The van der Waals surface area contributed by atoms with Gasteiger partial charge in [0, 0.05) is 12.6 Å². The maximum Gasteiger partial charge on any atom is 0.201 e. The lowest BCUT2D eigenvalue weighted by Crippen LogP contribution is -2.28. The molecule has 0 aliphatic carbocycles. The monoisotopic (exact) mass is 260 g/mol. The van der Waals surface area contributed by atoms with Gasteiger partial charge in [0.05, 0.1) is 11.0 Å². The maximum atomic E-state index is 6.02. The molecule has 2 aromatic rings. The van der Waals surface area contributed by atoms with Crippen LogP contribution in [0.1, 0.15) is 25.8 Å². The molecule has 0 bridgehead atoms. The predicted octanol–water partition coefficient (Wildman–Crippen LogP) is 2.66. The fourth-order valence-corrected chi connectivity index (χ4v) is 2.23. The largest absolute Gasteiger partial charge is 0.369 e. The normalized spacial score (nSPS) is 11.9. The number of benzene rings is 1. The summed E-state index contributed by atoms with van der Waals surface area (Å²) in [7, 11) is 2.16. The summed E-state index contributed by atoms with van der Waals surface area (Å²) in [6.45, 7) is 8.49. The first-order chi connectivity index (χ1) is 8.99. The van der Waals surface area contributed by atoms with Crippen molar-refractivity contribution in [3.8, 4) is 0 Å². The minimum atomic E-state index is 0.583. The summed E-state index contributed by atoms with van der Waals surface area (Å²) in [5, 5.41) is 0. The molecule has 2 N–H and O–H groups in total. The summed E-state index contributed by atoms with van der Waals surface area (Å²) in [6.07, 6.45) is 1.08. The van der Waals surface area contributed by atoms with E-state index in [1.54, 1.807) is 0 Å². The molecule has 19 heavy (non-hydrogen) atoms. The van der Waals surface area contributed by atoms with Crippen molar-refractivity contribution in [2.24, 2.45) is 0 Å². The van der Waals surface area contributed by atoms with Crippen LogP contribution >= 0.6 is 0 Å². The number of rotatable bonds is 5. The molecule has 4 heteroatoms. The molecule has 0 atom stereocenters. The molecule has 104 valence electrons. The third-order valence-corrected chi connectivity index (χ3v) is 3.71. The van der Waals surface area contributed by atoms with Gasteiger partial charge in [0.1, 0.15) is 0 Å². The van der Waals surface area contributed by atoms with Crippen molar-refractivity contribution in [2.75, 3.05) is 19.3 Å². The number of nitrogens with two attached hydrogens (primary N) is 1. The fraction of sp³-hybridized carbons (Fsp3) is 0.533. The molecule has 2 rings (SSSR count). The number of nitrogens with zero attached hydrogens (tertiary/aromatic N) is 3. The van der Waals surface area contributed by atoms with Crippen molar-refractivity contribution in [1.82, 2.24) is 14.5 Å². The van der Waals surface area contributed by atoms with E-state index in [0.29, 0.717) is 12.0 Å². The lowest BCUT2D eigenvalue weighted by molar-refractivity contribution is 0.266. The Kier molecular flexibility index (Phi) is 4.10. The predicted molar refractivity (Wildman–Crippen MR) is 81.3 cm³/mol. The minimum Gasteiger partial charge on any atom is -0.369 e. The van der Waals surface area contributed by atoms with Crippen molar-refractivity contribution >= 4 is 17.0 Å². The molecular formula is C15H24N4. The van der Waals surface area contributed by atoms with Gasteiger partial charge in [-0.1, -0.05) is 6.07 Å². The summed E-state index contributed by atoms with van der Waals surface area (Å²) in [4.78, 5) is 6.78. The van der Waals surface area contributed by atoms with Gasteiger partial charge in [0.2, 0.25) is 5.95 Å². The van der Waals surface area contributed by atoms with Gasteiger partial charge in [-0.3, -0.25) is 0 Å². The van der Waals surface area contributed by atoms with Crippen LogP contribution in [0.15, 0.2) is 18.2 Å². The average molecular weight is 260 g/mol. The molecule has 0 unspecified atom stereocenters. The van der Waals surface area contributed by atoms with E-state index in [1.807, 2.05) is 0 Å². The van der Waals surface area contributed by atoms with Gasteiger partial charge in [0.15, 0.2) is 0 Å². The van der Waals surface area contributed by atoms with E-state index >= 15 is 0 Å². The highest BCUT2D eigenvalue weighted by atomic mass is 15.2. The van der Waals surface area contributed by atoms with Gasteiger partial charge in [-0.2, -0.15) is 0 Å². The molecule has 1 aromatic heterocycles. The van der Waals surface area contributed by atoms with Gasteiger partial charge in [-0.05, 0) is 58.5 Å². The Hall–Kier alpha value is -1.55. The topological polar surface area (TPSA) is 47.1 Å². The van der Waals surface area contributed by atoms with Crippen LogP contribution < -0.4 is 5.73 Å². The molecule has 0 aliphatic rings. The highest BCUT2D eigenvalue weighted by Crippen LogP contribution is 2.19. The number of nitrogen functional groups attached to an aromatic ring is 1. The molecule has 0 spiro atoms. The van der Waals surface area contributed by atoms with E-state index < -0.39 is 0 Å². The van der Waals surface area contributed by atoms with Crippen molar-refractivity contribution in [3.05, 3.63) is 23.8 Å². The Morgan fingerprint density at radius 2 is 2.11 bits per heavy atom. The van der Waals surface area contributed by atoms with Crippen LogP contribution in [0.3, 0.4) is 0 Å². The number of imidazole rings is 1. The second kappa shape index (κ2) is 5.61. The van der Waals surface area contributed by atoms with Gasteiger partial charge in [-0.25, -0.2) is 4.98 Å². The van der Waals surface area contributed by atoms with Gasteiger partial charge in [0.25, 0.3) is 0 Å². The number of hydrogen-bond donors (Lipinski definition) is 1. The quantitative estimate of drug-likeness (QED) is 0.899. The van der Waals surface area contributed by atoms with Crippen molar-refractivity contribution in [3.63, 3.8) is 0 Å². The van der Waals surface area contributed by atoms with Crippen LogP contribution in [0.5, 0.6) is 0 Å². The molecular weight excluding hydrogens is 236 g/mol. The van der Waals surface area contributed by atoms with Gasteiger partial charge >= 0.3 is 0 Å². The van der Waals surface area contributed by atoms with Gasteiger partial charge in [-0.15, -0.1) is 0 Å². The summed E-state index contributed by atoms with van der Waals surface area (Å²) in [5.41, 5.74) is 9.37. The van der Waals surface area contributed by atoms with E-state index in [4.69, 9.17) is 5.73 Å². The molecule has 0 saturated heterocycles. The second-order valence-electron chi connectivity index (χ2n) is 5.54. The Balaban J connectivity index is 2.10. The molecule has 1 aromatic carbocycles. The number of aryl methyl sites for hydroxylation is 2. The standard InChI is InChI=1S/C15H24N4/c1-11(2)18(4)8-5-9-19-14-7-6-12(3)10-13(14)17-15(19)16/h6-7,10-11H,5,8-9H2,1-4H3,(H2,16,17). The highest BCUT2D eigenvalue weighted by molar-refractivity contribution is 5.79.